The maximum absolute atomic E-state index is 10.6. The summed E-state index contributed by atoms with van der Waals surface area (Å²) in [6, 6.07) is 5.59. The molecule has 4 nitrogen and oxygen atoms in total. The van der Waals surface area contributed by atoms with E-state index in [-0.39, 0.29) is 0 Å². The third-order valence-electron chi connectivity index (χ3n) is 3.35. The van der Waals surface area contributed by atoms with Gasteiger partial charge in [-0.3, -0.25) is 0 Å². The number of methoxy groups -OCH3 is 2. The summed E-state index contributed by atoms with van der Waals surface area (Å²) in [4.78, 5) is 14.5. The van der Waals surface area contributed by atoms with Crippen LogP contribution >= 0.6 is 0 Å². The summed E-state index contributed by atoms with van der Waals surface area (Å²) in [5.74, 6) is 1.44. The molecule has 0 bridgehead atoms. The summed E-state index contributed by atoms with van der Waals surface area (Å²) in [6.45, 7) is 0. The number of hydrogen-bond acceptors (Lipinski definition) is 4. The lowest BCUT2D eigenvalue weighted by atomic mass is 9.72. The number of ether oxygens (including phenoxy) is 2. The van der Waals surface area contributed by atoms with Crippen molar-refractivity contribution in [2.24, 2.45) is 4.99 Å². The molecule has 1 fully saturated rings. The molecule has 2 rings (SSSR count). The molecule has 0 aliphatic heterocycles. The molecule has 0 unspecified atom stereocenters. The number of rotatable bonds is 4. The first-order chi connectivity index (χ1) is 8.25. The van der Waals surface area contributed by atoms with Gasteiger partial charge in [0.25, 0.3) is 0 Å². The number of hydrogen-bond donors (Lipinski definition) is 0. The quantitative estimate of drug-likeness (QED) is 0.592. The molecule has 17 heavy (non-hydrogen) atoms. The van der Waals surface area contributed by atoms with Crippen LogP contribution in [0.4, 0.5) is 0 Å². The predicted octanol–water partition coefficient (Wildman–Crippen LogP) is 2.42. The van der Waals surface area contributed by atoms with E-state index in [0.717, 1.165) is 30.6 Å². The molecule has 0 spiro atoms. The van der Waals surface area contributed by atoms with E-state index in [9.17, 15) is 4.79 Å². The van der Waals surface area contributed by atoms with Gasteiger partial charge >= 0.3 is 0 Å². The molecule has 0 atom stereocenters. The summed E-state index contributed by atoms with van der Waals surface area (Å²) in [5, 5.41) is 0. The zero-order chi connectivity index (χ0) is 12.3. The lowest BCUT2D eigenvalue weighted by Gasteiger charge is -2.37. The third kappa shape index (κ3) is 1.92. The number of nitrogens with zero attached hydrogens (tertiary/aromatic N) is 1. The van der Waals surface area contributed by atoms with E-state index in [4.69, 9.17) is 9.47 Å². The second-order valence-electron chi connectivity index (χ2n) is 4.15. The number of carbonyl (C=O) groups excluding carboxylic acids is 1. The van der Waals surface area contributed by atoms with E-state index in [1.807, 2.05) is 18.2 Å². The van der Waals surface area contributed by atoms with Crippen LogP contribution in [0.5, 0.6) is 11.5 Å². The van der Waals surface area contributed by atoms with Gasteiger partial charge < -0.3 is 9.47 Å². The summed E-state index contributed by atoms with van der Waals surface area (Å²) < 4.78 is 10.5. The fraction of sp³-hybridized carbons (Fsp3) is 0.462. The maximum Gasteiger partial charge on any atom is 0.235 e. The fourth-order valence-electron chi connectivity index (χ4n) is 2.22. The number of aliphatic imine (C=N–C) groups is 1. The van der Waals surface area contributed by atoms with E-state index < -0.39 is 5.54 Å². The van der Waals surface area contributed by atoms with E-state index >= 15 is 0 Å². The topological polar surface area (TPSA) is 47.9 Å². The van der Waals surface area contributed by atoms with Crippen LogP contribution in [0.15, 0.2) is 23.2 Å². The minimum Gasteiger partial charge on any atom is -0.497 e. The highest BCUT2D eigenvalue weighted by molar-refractivity contribution is 5.48. The lowest BCUT2D eigenvalue weighted by Crippen LogP contribution is -2.32. The average Bonchev–Trinajstić information content (AvgIpc) is 2.33. The van der Waals surface area contributed by atoms with Crippen LogP contribution in [-0.2, 0) is 10.3 Å². The van der Waals surface area contributed by atoms with Gasteiger partial charge in [-0.25, -0.2) is 4.79 Å². The molecule has 0 saturated heterocycles. The smallest absolute Gasteiger partial charge is 0.235 e. The minimum absolute atomic E-state index is 0.431. The van der Waals surface area contributed by atoms with Crippen LogP contribution in [0.2, 0.25) is 0 Å². The van der Waals surface area contributed by atoms with Crippen LogP contribution in [0.3, 0.4) is 0 Å². The van der Waals surface area contributed by atoms with Gasteiger partial charge in [-0.15, -0.1) is 0 Å². The molecule has 1 aliphatic carbocycles. The van der Waals surface area contributed by atoms with Gasteiger partial charge in [0.1, 0.15) is 17.0 Å². The fourth-order valence-corrected chi connectivity index (χ4v) is 2.22. The molecule has 1 aromatic carbocycles. The second-order valence-corrected chi connectivity index (χ2v) is 4.15. The van der Waals surface area contributed by atoms with Crippen LogP contribution in [0.1, 0.15) is 24.8 Å². The highest BCUT2D eigenvalue weighted by atomic mass is 16.5. The van der Waals surface area contributed by atoms with Crippen LogP contribution in [-0.4, -0.2) is 20.3 Å². The molecule has 0 heterocycles. The summed E-state index contributed by atoms with van der Waals surface area (Å²) in [7, 11) is 3.21. The zero-order valence-electron chi connectivity index (χ0n) is 10.0. The largest absolute Gasteiger partial charge is 0.497 e. The van der Waals surface area contributed by atoms with E-state index in [1.54, 1.807) is 20.3 Å². The Morgan fingerprint density at radius 2 is 2.06 bits per heavy atom. The molecule has 1 aromatic rings. The highest BCUT2D eigenvalue weighted by Gasteiger charge is 2.41. The Kier molecular flexibility index (Phi) is 3.16. The summed E-state index contributed by atoms with van der Waals surface area (Å²) in [6.07, 6.45) is 4.48. The Labute approximate surface area is 100 Å². The molecule has 0 amide bonds. The van der Waals surface area contributed by atoms with E-state index in [2.05, 4.69) is 4.99 Å². The molecular weight excluding hydrogens is 218 g/mol. The Morgan fingerprint density at radius 3 is 2.53 bits per heavy atom. The number of isocyanates is 1. The van der Waals surface area contributed by atoms with Crippen molar-refractivity contribution in [3.63, 3.8) is 0 Å². The zero-order valence-corrected chi connectivity index (χ0v) is 10.0. The van der Waals surface area contributed by atoms with Crippen molar-refractivity contribution in [3.8, 4) is 11.5 Å². The molecule has 90 valence electrons. The van der Waals surface area contributed by atoms with Crippen molar-refractivity contribution >= 4 is 6.08 Å². The Hall–Kier alpha value is -1.80. The van der Waals surface area contributed by atoms with Crippen molar-refractivity contribution in [1.82, 2.24) is 0 Å². The molecular formula is C13H15NO3. The second kappa shape index (κ2) is 4.60. The summed E-state index contributed by atoms with van der Waals surface area (Å²) >= 11 is 0. The van der Waals surface area contributed by atoms with Gasteiger partial charge in [0.05, 0.1) is 14.2 Å². The van der Waals surface area contributed by atoms with Crippen molar-refractivity contribution in [2.75, 3.05) is 14.2 Å². The Morgan fingerprint density at radius 1 is 1.29 bits per heavy atom. The molecule has 4 heteroatoms. The van der Waals surface area contributed by atoms with Gasteiger partial charge in [0.2, 0.25) is 6.08 Å². The van der Waals surface area contributed by atoms with Gasteiger partial charge in [0.15, 0.2) is 0 Å². The molecule has 0 N–H and O–H groups in total. The standard InChI is InChI=1S/C13H15NO3/c1-16-10-4-5-11(12(8-10)17-2)13(14-9-15)6-3-7-13/h4-5,8H,3,6-7H2,1-2H3. The molecule has 1 aliphatic rings. The van der Waals surface area contributed by atoms with Crippen LogP contribution < -0.4 is 9.47 Å². The van der Waals surface area contributed by atoms with Gasteiger partial charge in [-0.2, -0.15) is 4.99 Å². The summed E-state index contributed by atoms with van der Waals surface area (Å²) in [5.41, 5.74) is 0.509. The minimum atomic E-state index is -0.431. The molecule has 0 radical (unpaired) electrons. The molecule has 1 saturated carbocycles. The lowest BCUT2D eigenvalue weighted by molar-refractivity contribution is 0.245. The maximum atomic E-state index is 10.6. The normalized spacial score (nSPS) is 16.6. The van der Waals surface area contributed by atoms with Crippen LogP contribution in [0.25, 0.3) is 0 Å². The van der Waals surface area contributed by atoms with Crippen molar-refractivity contribution in [1.29, 1.82) is 0 Å². The molecule has 0 aromatic heterocycles. The Balaban J connectivity index is 2.47. The predicted molar refractivity (Wildman–Crippen MR) is 63.2 cm³/mol. The average molecular weight is 233 g/mol. The van der Waals surface area contributed by atoms with Gasteiger partial charge in [-0.1, -0.05) is 0 Å². The Bertz CT molecular complexity index is 460. The van der Waals surface area contributed by atoms with E-state index in [0.29, 0.717) is 5.75 Å². The first-order valence-corrected chi connectivity index (χ1v) is 5.57. The first kappa shape index (κ1) is 11.7. The van der Waals surface area contributed by atoms with Gasteiger partial charge in [-0.05, 0) is 31.4 Å². The first-order valence-electron chi connectivity index (χ1n) is 5.57. The van der Waals surface area contributed by atoms with Gasteiger partial charge in [0, 0.05) is 11.6 Å². The highest BCUT2D eigenvalue weighted by Crippen LogP contribution is 2.48. The van der Waals surface area contributed by atoms with Crippen molar-refractivity contribution < 1.29 is 14.3 Å². The SMILES string of the molecule is COc1ccc(C2(N=C=O)CCC2)c(OC)c1. The van der Waals surface area contributed by atoms with Crippen molar-refractivity contribution in [3.05, 3.63) is 23.8 Å². The third-order valence-corrected chi connectivity index (χ3v) is 3.35. The van der Waals surface area contributed by atoms with E-state index in [1.165, 1.54) is 0 Å². The number of benzene rings is 1. The van der Waals surface area contributed by atoms with Crippen LogP contribution in [0, 0.1) is 0 Å². The monoisotopic (exact) mass is 233 g/mol. The van der Waals surface area contributed by atoms with Crippen molar-refractivity contribution in [2.45, 2.75) is 24.8 Å².